The third-order valence-corrected chi connectivity index (χ3v) is 4.40. The van der Waals surface area contributed by atoms with Crippen LogP contribution in [0.25, 0.3) is 0 Å². The SMILES string of the molecule is CCN(C(=O)c1cc(Cl)ccn1)[C@H]1CCN(c2ccccc2)C1=O. The van der Waals surface area contributed by atoms with Crippen molar-refractivity contribution in [3.8, 4) is 0 Å². The molecule has 1 aromatic heterocycles. The molecule has 0 aliphatic carbocycles. The second-order valence-electron chi connectivity index (χ2n) is 5.58. The molecule has 1 aromatic carbocycles. The molecule has 0 spiro atoms. The van der Waals surface area contributed by atoms with Gasteiger partial charge in [-0.3, -0.25) is 14.6 Å². The molecule has 6 heteroatoms. The molecule has 124 valence electrons. The van der Waals surface area contributed by atoms with Gasteiger partial charge in [0.2, 0.25) is 5.91 Å². The van der Waals surface area contributed by atoms with E-state index in [1.165, 1.54) is 12.3 Å². The number of carbonyl (C=O) groups excluding carboxylic acids is 2. The number of halogens is 1. The first-order valence-electron chi connectivity index (χ1n) is 7.90. The highest BCUT2D eigenvalue weighted by molar-refractivity contribution is 6.30. The van der Waals surface area contributed by atoms with Crippen molar-refractivity contribution in [1.29, 1.82) is 0 Å². The Morgan fingerprint density at radius 1 is 1.33 bits per heavy atom. The van der Waals surface area contributed by atoms with E-state index in [1.807, 2.05) is 37.3 Å². The lowest BCUT2D eigenvalue weighted by molar-refractivity contribution is -0.120. The van der Waals surface area contributed by atoms with E-state index in [0.717, 1.165) is 5.69 Å². The maximum atomic E-state index is 12.8. The fraction of sp³-hybridized carbons (Fsp3) is 0.278. The van der Waals surface area contributed by atoms with E-state index in [1.54, 1.807) is 15.9 Å². The third-order valence-electron chi connectivity index (χ3n) is 4.16. The average molecular weight is 344 g/mol. The van der Waals surface area contributed by atoms with Gasteiger partial charge in [-0.1, -0.05) is 29.8 Å². The van der Waals surface area contributed by atoms with E-state index in [9.17, 15) is 9.59 Å². The molecule has 2 heterocycles. The first kappa shape index (κ1) is 16.5. The molecule has 1 atom stereocenters. The Hall–Kier alpha value is -2.40. The number of hydrogen-bond donors (Lipinski definition) is 0. The fourth-order valence-corrected chi connectivity index (χ4v) is 3.15. The molecule has 24 heavy (non-hydrogen) atoms. The number of anilines is 1. The van der Waals surface area contributed by atoms with Crippen LogP contribution in [0.15, 0.2) is 48.7 Å². The van der Waals surface area contributed by atoms with Crippen molar-refractivity contribution in [1.82, 2.24) is 9.88 Å². The summed E-state index contributed by atoms with van der Waals surface area (Å²) in [5, 5.41) is 0.452. The second-order valence-corrected chi connectivity index (χ2v) is 6.02. The summed E-state index contributed by atoms with van der Waals surface area (Å²) in [7, 11) is 0. The van der Waals surface area contributed by atoms with Gasteiger partial charge in [0.25, 0.3) is 5.91 Å². The fourth-order valence-electron chi connectivity index (χ4n) is 2.99. The maximum absolute atomic E-state index is 12.8. The summed E-state index contributed by atoms with van der Waals surface area (Å²) in [4.78, 5) is 32.9. The van der Waals surface area contributed by atoms with Crippen molar-refractivity contribution in [2.24, 2.45) is 0 Å². The largest absolute Gasteiger partial charge is 0.325 e. The predicted molar refractivity (Wildman–Crippen MR) is 93.2 cm³/mol. The number of nitrogens with zero attached hydrogens (tertiary/aromatic N) is 3. The number of rotatable bonds is 4. The van der Waals surface area contributed by atoms with Crippen molar-refractivity contribution < 1.29 is 9.59 Å². The molecule has 1 fully saturated rings. The summed E-state index contributed by atoms with van der Waals surface area (Å²) in [6, 6.07) is 12.2. The van der Waals surface area contributed by atoms with E-state index < -0.39 is 6.04 Å². The molecular weight excluding hydrogens is 326 g/mol. The quantitative estimate of drug-likeness (QED) is 0.857. The Bertz CT molecular complexity index is 751. The Kier molecular flexibility index (Phi) is 4.81. The molecule has 2 aromatic rings. The van der Waals surface area contributed by atoms with Gasteiger partial charge in [-0.15, -0.1) is 0 Å². The van der Waals surface area contributed by atoms with Gasteiger partial charge in [-0.05, 0) is 37.6 Å². The lowest BCUT2D eigenvalue weighted by atomic mass is 10.2. The molecule has 5 nitrogen and oxygen atoms in total. The van der Waals surface area contributed by atoms with Crippen LogP contribution in [-0.4, -0.2) is 40.8 Å². The molecule has 1 aliphatic rings. The molecule has 0 bridgehead atoms. The molecule has 2 amide bonds. The second kappa shape index (κ2) is 7.01. The first-order valence-corrected chi connectivity index (χ1v) is 8.28. The summed E-state index contributed by atoms with van der Waals surface area (Å²) in [6.45, 7) is 2.90. The minimum absolute atomic E-state index is 0.0570. The van der Waals surface area contributed by atoms with Gasteiger partial charge >= 0.3 is 0 Å². The molecule has 0 saturated carbocycles. The minimum Gasteiger partial charge on any atom is -0.325 e. The lowest BCUT2D eigenvalue weighted by Crippen LogP contribution is -2.45. The van der Waals surface area contributed by atoms with Crippen molar-refractivity contribution in [2.75, 3.05) is 18.0 Å². The maximum Gasteiger partial charge on any atom is 0.273 e. The Morgan fingerprint density at radius 2 is 2.08 bits per heavy atom. The number of amides is 2. The minimum atomic E-state index is -0.469. The Labute approximate surface area is 145 Å². The predicted octanol–water partition coefficient (Wildman–Crippen LogP) is 3.00. The molecule has 0 unspecified atom stereocenters. The number of pyridine rings is 1. The van der Waals surface area contributed by atoms with Crippen LogP contribution >= 0.6 is 11.6 Å². The van der Waals surface area contributed by atoms with Crippen LogP contribution in [0.5, 0.6) is 0 Å². The molecular formula is C18H18ClN3O2. The molecule has 0 radical (unpaired) electrons. The number of likely N-dealkylation sites (N-methyl/N-ethyl adjacent to an activating group) is 1. The van der Waals surface area contributed by atoms with E-state index in [-0.39, 0.29) is 17.5 Å². The monoisotopic (exact) mass is 343 g/mol. The highest BCUT2D eigenvalue weighted by Gasteiger charge is 2.38. The van der Waals surface area contributed by atoms with Crippen LogP contribution in [0.3, 0.4) is 0 Å². The number of aromatic nitrogens is 1. The van der Waals surface area contributed by atoms with Gasteiger partial charge in [-0.25, -0.2) is 0 Å². The zero-order valence-corrected chi connectivity index (χ0v) is 14.1. The summed E-state index contributed by atoms with van der Waals surface area (Å²) < 4.78 is 0. The highest BCUT2D eigenvalue weighted by Crippen LogP contribution is 2.25. The summed E-state index contributed by atoms with van der Waals surface area (Å²) in [6.07, 6.45) is 2.10. The lowest BCUT2D eigenvalue weighted by Gasteiger charge is -2.26. The van der Waals surface area contributed by atoms with Crippen LogP contribution in [0.1, 0.15) is 23.8 Å². The number of para-hydroxylation sites is 1. The van der Waals surface area contributed by atoms with Crippen LogP contribution in [0.2, 0.25) is 5.02 Å². The van der Waals surface area contributed by atoms with Gasteiger partial charge in [-0.2, -0.15) is 0 Å². The van der Waals surface area contributed by atoms with Crippen molar-refractivity contribution in [2.45, 2.75) is 19.4 Å². The van der Waals surface area contributed by atoms with Crippen molar-refractivity contribution in [3.05, 3.63) is 59.4 Å². The molecule has 1 aliphatic heterocycles. The summed E-state index contributed by atoms with van der Waals surface area (Å²) in [5.41, 5.74) is 1.12. The van der Waals surface area contributed by atoms with Crippen molar-refractivity contribution in [3.63, 3.8) is 0 Å². The highest BCUT2D eigenvalue weighted by atomic mass is 35.5. The molecule has 1 saturated heterocycles. The van der Waals surface area contributed by atoms with Crippen LogP contribution in [0, 0.1) is 0 Å². The summed E-state index contributed by atoms with van der Waals surface area (Å²) in [5.74, 6) is -0.327. The van der Waals surface area contributed by atoms with Gasteiger partial charge in [0, 0.05) is 30.0 Å². The van der Waals surface area contributed by atoms with E-state index >= 15 is 0 Å². The van der Waals surface area contributed by atoms with Crippen LogP contribution in [-0.2, 0) is 4.79 Å². The smallest absolute Gasteiger partial charge is 0.273 e. The van der Waals surface area contributed by atoms with Crippen LogP contribution in [0.4, 0.5) is 5.69 Å². The van der Waals surface area contributed by atoms with E-state index in [2.05, 4.69) is 4.98 Å². The van der Waals surface area contributed by atoms with Gasteiger partial charge < -0.3 is 9.80 Å². The normalized spacial score (nSPS) is 17.2. The molecule has 3 rings (SSSR count). The zero-order valence-electron chi connectivity index (χ0n) is 13.4. The number of carbonyl (C=O) groups is 2. The van der Waals surface area contributed by atoms with Crippen LogP contribution < -0.4 is 4.90 Å². The van der Waals surface area contributed by atoms with E-state index in [0.29, 0.717) is 24.5 Å². The summed E-state index contributed by atoms with van der Waals surface area (Å²) >= 11 is 5.94. The first-order chi connectivity index (χ1) is 11.6. The van der Waals surface area contributed by atoms with Gasteiger partial charge in [0.05, 0.1) is 0 Å². The van der Waals surface area contributed by atoms with Gasteiger partial charge in [0.15, 0.2) is 0 Å². The van der Waals surface area contributed by atoms with E-state index in [4.69, 9.17) is 11.6 Å². The third kappa shape index (κ3) is 3.12. The number of benzene rings is 1. The average Bonchev–Trinajstić information content (AvgIpc) is 2.98. The van der Waals surface area contributed by atoms with Gasteiger partial charge in [0.1, 0.15) is 11.7 Å². The Balaban J connectivity index is 1.82. The standard InChI is InChI=1S/C18H18ClN3O2/c1-2-21(17(23)15-12-13(19)8-10-20-15)16-9-11-22(18(16)24)14-6-4-3-5-7-14/h3-8,10,12,16H,2,9,11H2,1H3/t16-/m0/s1. The topological polar surface area (TPSA) is 53.5 Å². The Morgan fingerprint density at radius 3 is 2.75 bits per heavy atom. The van der Waals surface area contributed by atoms with Crippen molar-refractivity contribution >= 4 is 29.1 Å². The number of hydrogen-bond acceptors (Lipinski definition) is 3. The zero-order chi connectivity index (χ0) is 17.1. The molecule has 0 N–H and O–H groups in total.